The molecule has 38 heavy (non-hydrogen) atoms. The lowest BCUT2D eigenvalue weighted by molar-refractivity contribution is -0.132. The van der Waals surface area contributed by atoms with Gasteiger partial charge in [0.1, 0.15) is 17.2 Å². The maximum atomic E-state index is 13.5. The maximum Gasteiger partial charge on any atom is 0.411 e. The second-order valence-corrected chi connectivity index (χ2v) is 11.8. The lowest BCUT2D eigenvalue weighted by Crippen LogP contribution is -2.59. The monoisotopic (exact) mass is 514 g/mol. The molecule has 8 heteroatoms. The Balaban J connectivity index is 1.26. The molecule has 1 saturated carbocycles. The highest BCUT2D eigenvalue weighted by atomic mass is 16.6. The number of fused-ring (bicyclic) bond motifs is 3. The average Bonchev–Trinajstić information content (AvgIpc) is 3.55. The van der Waals surface area contributed by atoms with Crippen LogP contribution in [0.15, 0.2) is 42.5 Å². The topological polar surface area (TPSA) is 103 Å². The summed E-state index contributed by atoms with van der Waals surface area (Å²) in [6.07, 6.45) is 1.96. The van der Waals surface area contributed by atoms with E-state index < -0.39 is 23.3 Å². The van der Waals surface area contributed by atoms with E-state index in [9.17, 15) is 19.6 Å². The summed E-state index contributed by atoms with van der Waals surface area (Å²) < 4.78 is 5.58. The Bertz CT molecular complexity index is 1320. The van der Waals surface area contributed by atoms with Crippen molar-refractivity contribution in [1.82, 2.24) is 15.1 Å². The molecule has 3 aliphatic rings. The van der Waals surface area contributed by atoms with E-state index in [4.69, 9.17) is 4.74 Å². The van der Waals surface area contributed by atoms with Crippen molar-refractivity contribution in [3.05, 3.63) is 59.2 Å². The third kappa shape index (κ3) is 4.73. The van der Waals surface area contributed by atoms with Crippen molar-refractivity contribution in [2.24, 2.45) is 5.92 Å². The number of benzene rings is 2. The van der Waals surface area contributed by atoms with Crippen LogP contribution >= 0.6 is 0 Å². The minimum Gasteiger partial charge on any atom is -0.444 e. The van der Waals surface area contributed by atoms with Gasteiger partial charge in [0.2, 0.25) is 5.91 Å². The number of hydrogen-bond donors (Lipinski definition) is 1. The molecule has 2 bridgehead atoms. The first kappa shape index (κ1) is 25.8. The molecule has 0 aromatic heterocycles. The molecule has 5 rings (SSSR count). The first-order chi connectivity index (χ1) is 18.0. The van der Waals surface area contributed by atoms with Crippen LogP contribution in [0.1, 0.15) is 61.5 Å². The number of nitrogens with zero attached hydrogens (tertiary/aromatic N) is 3. The van der Waals surface area contributed by atoms with Crippen LogP contribution in [0.2, 0.25) is 0 Å². The van der Waals surface area contributed by atoms with Gasteiger partial charge in [-0.05, 0) is 80.3 Å². The third-order valence-corrected chi connectivity index (χ3v) is 7.86. The van der Waals surface area contributed by atoms with Gasteiger partial charge < -0.3 is 15.0 Å². The fourth-order valence-corrected chi connectivity index (χ4v) is 5.99. The molecule has 2 fully saturated rings. The van der Waals surface area contributed by atoms with E-state index in [1.165, 1.54) is 0 Å². The number of piperidine rings is 1. The number of rotatable bonds is 5. The predicted molar refractivity (Wildman–Crippen MR) is 142 cm³/mol. The molecule has 0 spiro atoms. The number of carbonyl (C=O) groups excluding carboxylic acids is 3. The van der Waals surface area contributed by atoms with Gasteiger partial charge in [-0.3, -0.25) is 14.5 Å². The highest BCUT2D eigenvalue weighted by Gasteiger charge is 2.58. The van der Waals surface area contributed by atoms with Gasteiger partial charge in [0, 0.05) is 32.1 Å². The Kier molecular flexibility index (Phi) is 6.42. The maximum absolute atomic E-state index is 13.5. The summed E-state index contributed by atoms with van der Waals surface area (Å²) >= 11 is 0. The molecule has 0 unspecified atom stereocenters. The van der Waals surface area contributed by atoms with Crippen LogP contribution in [0, 0.1) is 17.2 Å². The van der Waals surface area contributed by atoms with Crippen molar-refractivity contribution in [1.29, 1.82) is 5.26 Å². The first-order valence-corrected chi connectivity index (χ1v) is 13.2. The molecule has 1 aliphatic carbocycles. The molecular weight excluding hydrogens is 480 g/mol. The fraction of sp³-hybridized carbons (Fsp3) is 0.467. The number of carbonyl (C=O) groups is 3. The quantitative estimate of drug-likeness (QED) is 0.642. The largest absolute Gasteiger partial charge is 0.444 e. The summed E-state index contributed by atoms with van der Waals surface area (Å²) in [4.78, 5) is 41.8. The van der Waals surface area contributed by atoms with E-state index in [-0.39, 0.29) is 17.7 Å². The van der Waals surface area contributed by atoms with Crippen molar-refractivity contribution in [2.75, 3.05) is 13.6 Å². The zero-order valence-corrected chi connectivity index (χ0v) is 22.4. The number of ether oxygens (including phenoxy) is 1. The lowest BCUT2D eigenvalue weighted by Gasteiger charge is -2.38. The molecule has 2 heterocycles. The number of nitriles is 1. The summed E-state index contributed by atoms with van der Waals surface area (Å²) in [6, 6.07) is 15.3. The molecule has 1 N–H and O–H groups in total. The zero-order chi connectivity index (χ0) is 27.2. The third-order valence-electron chi connectivity index (χ3n) is 7.86. The number of likely N-dealkylation sites (tertiary alicyclic amines) is 1. The molecule has 3 atom stereocenters. The van der Waals surface area contributed by atoms with Crippen molar-refractivity contribution in [2.45, 2.75) is 70.2 Å². The van der Waals surface area contributed by atoms with Crippen LogP contribution in [0.25, 0.3) is 11.1 Å². The van der Waals surface area contributed by atoms with E-state index in [0.717, 1.165) is 34.2 Å². The smallest absolute Gasteiger partial charge is 0.411 e. The minimum absolute atomic E-state index is 0.0472. The Morgan fingerprint density at radius 2 is 1.89 bits per heavy atom. The molecular formula is C30H34N4O4. The molecule has 8 nitrogen and oxygen atoms in total. The highest BCUT2D eigenvalue weighted by Crippen LogP contribution is 2.47. The zero-order valence-electron chi connectivity index (χ0n) is 22.4. The second kappa shape index (κ2) is 9.46. The first-order valence-electron chi connectivity index (χ1n) is 13.2. The fourth-order valence-electron chi connectivity index (χ4n) is 5.99. The average molecular weight is 515 g/mol. The van der Waals surface area contributed by atoms with Crippen molar-refractivity contribution in [3.63, 3.8) is 0 Å². The Hall–Kier alpha value is -3.86. The molecule has 1 saturated heterocycles. The predicted octanol–water partition coefficient (Wildman–Crippen LogP) is 4.28. The van der Waals surface area contributed by atoms with Crippen LogP contribution in [0.5, 0.6) is 0 Å². The molecule has 2 aromatic carbocycles. The van der Waals surface area contributed by atoms with E-state index in [2.05, 4.69) is 17.5 Å². The standard InChI is InChI=1S/C30H34N4O4/c1-29(2,3)38-28(37)34-17-20-11-12-30(34,15-20)27(36)32-24(16-31)13-19-5-7-21(8-6-19)22-9-10-25-23(14-22)18-33(4)26(25)35/h5-10,14,20,24H,11-13,15,17-18H2,1-4H3,(H,32,36)/t20-,24+,30+/m1/s1. The normalized spacial score (nSPS) is 22.7. The van der Waals surface area contributed by atoms with Crippen LogP contribution < -0.4 is 5.32 Å². The highest BCUT2D eigenvalue weighted by molar-refractivity contribution is 5.98. The summed E-state index contributed by atoms with van der Waals surface area (Å²) in [6.45, 7) is 6.55. The van der Waals surface area contributed by atoms with Gasteiger partial charge in [-0.2, -0.15) is 5.26 Å². The number of amides is 3. The molecule has 3 amide bonds. The summed E-state index contributed by atoms with van der Waals surface area (Å²) in [5.41, 5.74) is 3.15. The van der Waals surface area contributed by atoms with Gasteiger partial charge in [-0.25, -0.2) is 4.79 Å². The lowest BCUT2D eigenvalue weighted by atomic mass is 9.94. The van der Waals surface area contributed by atoms with Gasteiger partial charge in [0.05, 0.1) is 6.07 Å². The Morgan fingerprint density at radius 1 is 1.18 bits per heavy atom. The van der Waals surface area contributed by atoms with Crippen molar-refractivity contribution >= 4 is 17.9 Å². The van der Waals surface area contributed by atoms with Crippen molar-refractivity contribution < 1.29 is 19.1 Å². The van der Waals surface area contributed by atoms with Crippen LogP contribution in [0.3, 0.4) is 0 Å². The summed E-state index contributed by atoms with van der Waals surface area (Å²) in [5.74, 6) is 0.0502. The van der Waals surface area contributed by atoms with Crippen LogP contribution in [-0.4, -0.2) is 58.5 Å². The SMILES string of the molecule is CN1Cc2cc(-c3ccc(C[C@@H](C#N)NC(=O)[C@@]45CC[C@@H](CN4C(=O)OC(C)(C)C)C5)cc3)ccc2C1=O. The summed E-state index contributed by atoms with van der Waals surface area (Å²) in [5, 5.41) is 12.8. The van der Waals surface area contributed by atoms with Gasteiger partial charge >= 0.3 is 6.09 Å². The van der Waals surface area contributed by atoms with E-state index >= 15 is 0 Å². The van der Waals surface area contributed by atoms with Crippen LogP contribution in [0.4, 0.5) is 4.79 Å². The molecule has 2 aromatic rings. The number of hydrogen-bond acceptors (Lipinski definition) is 5. The Labute approximate surface area is 223 Å². The summed E-state index contributed by atoms with van der Waals surface area (Å²) in [7, 11) is 1.80. The van der Waals surface area contributed by atoms with E-state index in [1.807, 2.05) is 57.2 Å². The van der Waals surface area contributed by atoms with E-state index in [1.54, 1.807) is 16.8 Å². The van der Waals surface area contributed by atoms with Gasteiger partial charge in [-0.1, -0.05) is 30.3 Å². The molecule has 2 aliphatic heterocycles. The van der Waals surface area contributed by atoms with Crippen molar-refractivity contribution in [3.8, 4) is 17.2 Å². The van der Waals surface area contributed by atoms with Gasteiger partial charge in [0.25, 0.3) is 5.91 Å². The molecule has 0 radical (unpaired) electrons. The van der Waals surface area contributed by atoms with E-state index in [0.29, 0.717) is 32.4 Å². The Morgan fingerprint density at radius 3 is 2.55 bits per heavy atom. The number of nitrogens with one attached hydrogen (secondary N) is 1. The minimum atomic E-state index is -0.949. The van der Waals surface area contributed by atoms with Gasteiger partial charge in [-0.15, -0.1) is 0 Å². The second-order valence-electron chi connectivity index (χ2n) is 11.8. The molecule has 198 valence electrons. The van der Waals surface area contributed by atoms with Gasteiger partial charge in [0.15, 0.2) is 0 Å². The van der Waals surface area contributed by atoms with Crippen LogP contribution in [-0.2, 0) is 22.5 Å².